The number of hydrogen-bond donors (Lipinski definition) is 2. The number of carbonyl (C=O) groups is 1. The van der Waals surface area contributed by atoms with Crippen LogP contribution < -0.4 is 10.1 Å². The lowest BCUT2D eigenvalue weighted by Gasteiger charge is -2.29. The number of rotatable bonds is 6. The molecule has 25 heavy (non-hydrogen) atoms. The zero-order valence-electron chi connectivity index (χ0n) is 16.1. The number of carbonyl (C=O) groups excluding carboxylic acids is 1. The van der Waals surface area contributed by atoms with Crippen molar-refractivity contribution in [2.45, 2.75) is 58.6 Å². The summed E-state index contributed by atoms with van der Waals surface area (Å²) in [6.45, 7) is 9.31. The predicted octanol–water partition coefficient (Wildman–Crippen LogP) is 3.38. The Balaban J connectivity index is 1.92. The molecule has 1 aliphatic heterocycles. The van der Waals surface area contributed by atoms with Gasteiger partial charge < -0.3 is 20.1 Å². The van der Waals surface area contributed by atoms with Gasteiger partial charge >= 0.3 is 6.03 Å². The Morgan fingerprint density at radius 1 is 1.40 bits per heavy atom. The zero-order chi connectivity index (χ0) is 18.6. The second kappa shape index (κ2) is 8.09. The molecule has 1 aromatic carbocycles. The SMILES string of the molecule is COc1ccc(C2CC(C)N(C(=O)NCC(C)(C)CC(C)O)C2)cc1. The summed E-state index contributed by atoms with van der Waals surface area (Å²) < 4.78 is 5.21. The molecule has 0 radical (unpaired) electrons. The van der Waals surface area contributed by atoms with Gasteiger partial charge in [0.25, 0.3) is 0 Å². The van der Waals surface area contributed by atoms with Crippen LogP contribution in [0.1, 0.15) is 52.0 Å². The van der Waals surface area contributed by atoms with Crippen molar-refractivity contribution >= 4 is 6.03 Å². The lowest BCUT2D eigenvalue weighted by atomic mass is 9.87. The first kappa shape index (κ1) is 19.6. The van der Waals surface area contributed by atoms with Crippen LogP contribution >= 0.6 is 0 Å². The van der Waals surface area contributed by atoms with E-state index >= 15 is 0 Å². The molecule has 0 bridgehead atoms. The molecule has 0 aromatic heterocycles. The van der Waals surface area contributed by atoms with Gasteiger partial charge in [0, 0.05) is 25.0 Å². The van der Waals surface area contributed by atoms with Crippen LogP contribution in [0.25, 0.3) is 0 Å². The van der Waals surface area contributed by atoms with Crippen molar-refractivity contribution in [3.05, 3.63) is 29.8 Å². The fourth-order valence-electron chi connectivity index (χ4n) is 3.72. The van der Waals surface area contributed by atoms with E-state index in [9.17, 15) is 9.90 Å². The fraction of sp³-hybridized carbons (Fsp3) is 0.650. The van der Waals surface area contributed by atoms with Crippen LogP contribution in [0.5, 0.6) is 5.75 Å². The highest BCUT2D eigenvalue weighted by molar-refractivity contribution is 5.75. The number of methoxy groups -OCH3 is 1. The summed E-state index contributed by atoms with van der Waals surface area (Å²) in [5.74, 6) is 1.21. The third-order valence-corrected chi connectivity index (χ3v) is 4.99. The number of urea groups is 1. The van der Waals surface area contributed by atoms with Crippen LogP contribution in [-0.4, -0.2) is 48.4 Å². The van der Waals surface area contributed by atoms with Crippen molar-refractivity contribution in [2.24, 2.45) is 5.41 Å². The van der Waals surface area contributed by atoms with Gasteiger partial charge in [0.1, 0.15) is 5.75 Å². The van der Waals surface area contributed by atoms with Crippen molar-refractivity contribution in [2.75, 3.05) is 20.2 Å². The summed E-state index contributed by atoms with van der Waals surface area (Å²) in [6.07, 6.45) is 1.27. The fourth-order valence-corrected chi connectivity index (χ4v) is 3.72. The third kappa shape index (κ3) is 5.36. The van der Waals surface area contributed by atoms with Crippen molar-refractivity contribution < 1.29 is 14.6 Å². The Hall–Kier alpha value is -1.75. The molecule has 0 saturated carbocycles. The second-order valence-electron chi connectivity index (χ2n) is 8.08. The summed E-state index contributed by atoms with van der Waals surface area (Å²) >= 11 is 0. The number of ether oxygens (including phenoxy) is 1. The molecule has 1 heterocycles. The molecule has 3 unspecified atom stereocenters. The van der Waals surface area contributed by atoms with Crippen LogP contribution in [0.15, 0.2) is 24.3 Å². The Morgan fingerprint density at radius 3 is 2.60 bits per heavy atom. The minimum absolute atomic E-state index is 0.0119. The number of aliphatic hydroxyl groups is 1. The predicted molar refractivity (Wildman–Crippen MR) is 100.0 cm³/mol. The Bertz CT molecular complexity index is 569. The van der Waals surface area contributed by atoms with Crippen LogP contribution in [0.3, 0.4) is 0 Å². The first-order valence-corrected chi connectivity index (χ1v) is 9.08. The van der Waals surface area contributed by atoms with Gasteiger partial charge in [-0.2, -0.15) is 0 Å². The number of benzene rings is 1. The van der Waals surface area contributed by atoms with E-state index in [0.29, 0.717) is 18.9 Å². The maximum Gasteiger partial charge on any atom is 0.317 e. The monoisotopic (exact) mass is 348 g/mol. The molecule has 3 atom stereocenters. The highest BCUT2D eigenvalue weighted by Crippen LogP contribution is 2.32. The summed E-state index contributed by atoms with van der Waals surface area (Å²) in [6, 6.07) is 8.32. The van der Waals surface area contributed by atoms with Gasteiger partial charge in [-0.1, -0.05) is 26.0 Å². The van der Waals surface area contributed by atoms with E-state index in [1.165, 1.54) is 5.56 Å². The number of nitrogens with one attached hydrogen (secondary N) is 1. The second-order valence-corrected chi connectivity index (χ2v) is 8.08. The topological polar surface area (TPSA) is 61.8 Å². The first-order chi connectivity index (χ1) is 11.7. The highest BCUT2D eigenvalue weighted by atomic mass is 16.5. The number of likely N-dealkylation sites (tertiary alicyclic amines) is 1. The van der Waals surface area contributed by atoms with Gasteiger partial charge in [-0.3, -0.25) is 0 Å². The largest absolute Gasteiger partial charge is 0.497 e. The Labute approximate surface area is 151 Å². The van der Waals surface area contributed by atoms with Crippen LogP contribution in [0.4, 0.5) is 4.79 Å². The van der Waals surface area contributed by atoms with E-state index in [4.69, 9.17) is 4.74 Å². The van der Waals surface area contributed by atoms with Crippen LogP contribution in [0, 0.1) is 5.41 Å². The number of aliphatic hydroxyl groups excluding tert-OH is 1. The normalized spacial score (nSPS) is 21.9. The van der Waals surface area contributed by atoms with Crippen molar-refractivity contribution in [1.29, 1.82) is 0 Å². The maximum absolute atomic E-state index is 12.6. The molecule has 2 rings (SSSR count). The van der Waals surface area contributed by atoms with E-state index < -0.39 is 0 Å². The van der Waals surface area contributed by atoms with E-state index in [0.717, 1.165) is 18.7 Å². The molecule has 1 aliphatic rings. The van der Waals surface area contributed by atoms with Gasteiger partial charge in [-0.05, 0) is 49.8 Å². The average Bonchev–Trinajstić information content (AvgIpc) is 2.93. The number of amides is 2. The molecular formula is C20H32N2O3. The quantitative estimate of drug-likeness (QED) is 0.828. The minimum Gasteiger partial charge on any atom is -0.497 e. The molecule has 1 aromatic rings. The van der Waals surface area contributed by atoms with Gasteiger partial charge in [-0.25, -0.2) is 4.79 Å². The Morgan fingerprint density at radius 2 is 2.04 bits per heavy atom. The average molecular weight is 348 g/mol. The minimum atomic E-state index is -0.364. The first-order valence-electron chi connectivity index (χ1n) is 9.08. The summed E-state index contributed by atoms with van der Waals surface area (Å²) in [4.78, 5) is 14.5. The summed E-state index contributed by atoms with van der Waals surface area (Å²) in [5.41, 5.74) is 1.12. The molecule has 0 aliphatic carbocycles. The third-order valence-electron chi connectivity index (χ3n) is 4.99. The van der Waals surface area contributed by atoms with E-state index in [1.54, 1.807) is 14.0 Å². The molecule has 140 valence electrons. The van der Waals surface area contributed by atoms with Crippen molar-refractivity contribution in [1.82, 2.24) is 10.2 Å². The van der Waals surface area contributed by atoms with Crippen molar-refractivity contribution in [3.63, 3.8) is 0 Å². The van der Waals surface area contributed by atoms with Gasteiger partial charge in [-0.15, -0.1) is 0 Å². The molecule has 1 fully saturated rings. The van der Waals surface area contributed by atoms with Crippen LogP contribution in [0.2, 0.25) is 0 Å². The van der Waals surface area contributed by atoms with E-state index in [-0.39, 0.29) is 23.6 Å². The molecule has 0 spiro atoms. The van der Waals surface area contributed by atoms with E-state index in [2.05, 4.69) is 38.2 Å². The molecule has 1 saturated heterocycles. The van der Waals surface area contributed by atoms with Gasteiger partial charge in [0.05, 0.1) is 13.2 Å². The smallest absolute Gasteiger partial charge is 0.317 e. The highest BCUT2D eigenvalue weighted by Gasteiger charge is 2.33. The lowest BCUT2D eigenvalue weighted by molar-refractivity contribution is 0.126. The summed E-state index contributed by atoms with van der Waals surface area (Å²) in [7, 11) is 1.66. The number of hydrogen-bond acceptors (Lipinski definition) is 3. The van der Waals surface area contributed by atoms with Gasteiger partial charge in [0.2, 0.25) is 0 Å². The summed E-state index contributed by atoms with van der Waals surface area (Å²) in [5, 5.41) is 12.6. The van der Waals surface area contributed by atoms with E-state index in [1.807, 2.05) is 17.0 Å². The molecular weight excluding hydrogens is 316 g/mol. The lowest BCUT2D eigenvalue weighted by Crippen LogP contribution is -2.45. The zero-order valence-corrected chi connectivity index (χ0v) is 16.1. The molecule has 2 N–H and O–H groups in total. The Kier molecular flexibility index (Phi) is 6.33. The molecule has 5 nitrogen and oxygen atoms in total. The standard InChI is InChI=1S/C20H32N2O3/c1-14-10-17(16-6-8-18(25-5)9-7-16)12-22(14)19(24)21-13-20(3,4)11-15(2)23/h6-9,14-15,17,23H,10-13H2,1-5H3,(H,21,24). The molecule has 2 amide bonds. The number of nitrogens with zero attached hydrogens (tertiary/aromatic N) is 1. The maximum atomic E-state index is 12.6. The molecule has 5 heteroatoms. The van der Waals surface area contributed by atoms with Crippen molar-refractivity contribution in [3.8, 4) is 5.75 Å². The van der Waals surface area contributed by atoms with Gasteiger partial charge in [0.15, 0.2) is 0 Å². The van der Waals surface area contributed by atoms with Crippen LogP contribution in [-0.2, 0) is 0 Å².